The van der Waals surface area contributed by atoms with Crippen LogP contribution >= 0.6 is 23.6 Å². The molecule has 0 aliphatic rings. The number of H-pyrrole nitrogens is 1. The Morgan fingerprint density at radius 3 is 2.94 bits per heavy atom. The molecule has 4 nitrogen and oxygen atoms in total. The quantitative estimate of drug-likeness (QED) is 0.844. The Morgan fingerprint density at radius 2 is 2.28 bits per heavy atom. The second kappa shape index (κ2) is 5.75. The van der Waals surface area contributed by atoms with Crippen LogP contribution in [-0.4, -0.2) is 19.7 Å². The third kappa shape index (κ3) is 2.54. The lowest BCUT2D eigenvalue weighted by Crippen LogP contribution is -2.02. The van der Waals surface area contributed by atoms with E-state index >= 15 is 0 Å². The third-order valence-electron chi connectivity index (χ3n) is 2.84. The molecule has 6 heteroatoms. The largest absolute Gasteiger partial charge is 0.299 e. The van der Waals surface area contributed by atoms with E-state index in [2.05, 4.69) is 40.5 Å². The maximum Gasteiger partial charge on any atom is 0.195 e. The molecule has 18 heavy (non-hydrogen) atoms. The molecule has 0 saturated heterocycles. The summed E-state index contributed by atoms with van der Waals surface area (Å²) in [6.07, 6.45) is 2.25. The molecule has 0 bridgehead atoms. The summed E-state index contributed by atoms with van der Waals surface area (Å²) in [6, 6.07) is 0. The Balaban J connectivity index is 2.44. The standard InChI is InChI=1S/C12H18N4S2/c1-4-5-6-16-11(14-15-12(16)17)10-9(8(2)3)13-7-18-10/h7-8H,4-6H2,1-3H3,(H,15,17). The maximum atomic E-state index is 5.30. The molecule has 2 heterocycles. The Labute approximate surface area is 116 Å². The molecule has 2 rings (SSSR count). The average Bonchev–Trinajstić information content (AvgIpc) is 2.93. The predicted octanol–water partition coefficient (Wildman–Crippen LogP) is 3.99. The first kappa shape index (κ1) is 13.4. The van der Waals surface area contributed by atoms with Gasteiger partial charge in [-0.15, -0.1) is 11.3 Å². The summed E-state index contributed by atoms with van der Waals surface area (Å²) in [6.45, 7) is 7.39. The number of rotatable bonds is 5. The molecular weight excluding hydrogens is 264 g/mol. The number of nitrogens with one attached hydrogen (secondary N) is 1. The van der Waals surface area contributed by atoms with E-state index in [1.165, 1.54) is 0 Å². The minimum Gasteiger partial charge on any atom is -0.299 e. The van der Waals surface area contributed by atoms with E-state index in [1.807, 2.05) is 5.51 Å². The number of thiazole rings is 1. The van der Waals surface area contributed by atoms with Gasteiger partial charge in [-0.2, -0.15) is 5.10 Å². The number of hydrogen-bond acceptors (Lipinski definition) is 4. The number of unbranched alkanes of at least 4 members (excludes halogenated alkanes) is 1. The van der Waals surface area contributed by atoms with Gasteiger partial charge in [-0.3, -0.25) is 9.67 Å². The topological polar surface area (TPSA) is 46.5 Å². The van der Waals surface area contributed by atoms with Crippen LogP contribution in [0, 0.1) is 4.77 Å². The lowest BCUT2D eigenvalue weighted by atomic mass is 10.1. The van der Waals surface area contributed by atoms with E-state index in [-0.39, 0.29) is 0 Å². The van der Waals surface area contributed by atoms with Gasteiger partial charge in [0.25, 0.3) is 0 Å². The first-order valence-corrected chi connectivity index (χ1v) is 7.52. The highest BCUT2D eigenvalue weighted by Crippen LogP contribution is 2.30. The molecular formula is C12H18N4S2. The van der Waals surface area contributed by atoms with E-state index in [1.54, 1.807) is 11.3 Å². The summed E-state index contributed by atoms with van der Waals surface area (Å²) < 4.78 is 2.78. The summed E-state index contributed by atoms with van der Waals surface area (Å²) in [5.74, 6) is 1.33. The van der Waals surface area contributed by atoms with Crippen LogP contribution in [0.5, 0.6) is 0 Å². The van der Waals surface area contributed by atoms with Crippen LogP contribution in [0.25, 0.3) is 10.7 Å². The molecule has 0 fully saturated rings. The van der Waals surface area contributed by atoms with Gasteiger partial charge in [-0.1, -0.05) is 27.2 Å². The van der Waals surface area contributed by atoms with Gasteiger partial charge in [0.15, 0.2) is 10.6 Å². The molecule has 0 spiro atoms. The molecule has 0 unspecified atom stereocenters. The lowest BCUT2D eigenvalue weighted by Gasteiger charge is -2.07. The normalized spacial score (nSPS) is 11.3. The zero-order valence-electron chi connectivity index (χ0n) is 10.9. The molecule has 98 valence electrons. The monoisotopic (exact) mass is 282 g/mol. The Kier molecular flexibility index (Phi) is 4.29. The van der Waals surface area contributed by atoms with Crippen LogP contribution in [0.3, 0.4) is 0 Å². The highest BCUT2D eigenvalue weighted by Gasteiger charge is 2.17. The van der Waals surface area contributed by atoms with Crippen LogP contribution in [0.4, 0.5) is 0 Å². The van der Waals surface area contributed by atoms with E-state index in [9.17, 15) is 0 Å². The number of aromatic amines is 1. The van der Waals surface area contributed by atoms with E-state index in [0.29, 0.717) is 10.7 Å². The highest BCUT2D eigenvalue weighted by molar-refractivity contribution is 7.71. The van der Waals surface area contributed by atoms with Crippen molar-refractivity contribution in [2.75, 3.05) is 0 Å². The van der Waals surface area contributed by atoms with Crippen molar-refractivity contribution < 1.29 is 0 Å². The minimum absolute atomic E-state index is 0.399. The van der Waals surface area contributed by atoms with Crippen molar-refractivity contribution in [2.24, 2.45) is 0 Å². The highest BCUT2D eigenvalue weighted by atomic mass is 32.1. The van der Waals surface area contributed by atoms with Crippen LogP contribution in [0.2, 0.25) is 0 Å². The Bertz CT molecular complexity index is 565. The van der Waals surface area contributed by atoms with Gasteiger partial charge in [-0.25, -0.2) is 4.98 Å². The van der Waals surface area contributed by atoms with Gasteiger partial charge in [-0.05, 0) is 24.6 Å². The smallest absolute Gasteiger partial charge is 0.195 e. The second-order valence-corrected chi connectivity index (χ2v) is 5.82. The lowest BCUT2D eigenvalue weighted by molar-refractivity contribution is 0.628. The molecule has 0 aromatic carbocycles. The predicted molar refractivity (Wildman–Crippen MR) is 77.5 cm³/mol. The zero-order valence-corrected chi connectivity index (χ0v) is 12.6. The van der Waals surface area contributed by atoms with E-state index in [0.717, 1.165) is 35.8 Å². The molecule has 0 saturated carbocycles. The molecule has 2 aromatic rings. The Morgan fingerprint density at radius 1 is 1.50 bits per heavy atom. The van der Waals surface area contributed by atoms with E-state index < -0.39 is 0 Å². The number of aromatic nitrogens is 4. The van der Waals surface area contributed by atoms with Crippen molar-refractivity contribution in [1.29, 1.82) is 0 Å². The fraction of sp³-hybridized carbons (Fsp3) is 0.583. The van der Waals surface area contributed by atoms with Gasteiger partial charge >= 0.3 is 0 Å². The van der Waals surface area contributed by atoms with Gasteiger partial charge in [0, 0.05) is 6.54 Å². The molecule has 0 amide bonds. The summed E-state index contributed by atoms with van der Waals surface area (Å²) >= 11 is 6.93. The average molecular weight is 282 g/mol. The summed E-state index contributed by atoms with van der Waals surface area (Å²) in [5.41, 5.74) is 2.98. The van der Waals surface area contributed by atoms with Crippen molar-refractivity contribution >= 4 is 23.6 Å². The molecule has 0 atom stereocenters. The zero-order chi connectivity index (χ0) is 13.1. The fourth-order valence-corrected chi connectivity index (χ4v) is 3.01. The molecule has 0 aliphatic carbocycles. The minimum atomic E-state index is 0.399. The Hall–Kier alpha value is -1.01. The van der Waals surface area contributed by atoms with Gasteiger partial charge < -0.3 is 0 Å². The molecule has 0 aliphatic heterocycles. The van der Waals surface area contributed by atoms with Gasteiger partial charge in [0.05, 0.1) is 16.1 Å². The van der Waals surface area contributed by atoms with Crippen molar-refractivity contribution in [2.45, 2.75) is 46.1 Å². The van der Waals surface area contributed by atoms with Crippen molar-refractivity contribution in [3.05, 3.63) is 16.0 Å². The molecule has 2 aromatic heterocycles. The van der Waals surface area contributed by atoms with Crippen molar-refractivity contribution in [3.8, 4) is 10.7 Å². The van der Waals surface area contributed by atoms with Gasteiger partial charge in [0.2, 0.25) is 0 Å². The first-order valence-electron chi connectivity index (χ1n) is 6.24. The fourth-order valence-electron chi connectivity index (χ4n) is 1.85. The SMILES string of the molecule is CCCCn1c(-c2scnc2C(C)C)n[nH]c1=S. The van der Waals surface area contributed by atoms with Crippen LogP contribution in [0.15, 0.2) is 5.51 Å². The van der Waals surface area contributed by atoms with Gasteiger partial charge in [0.1, 0.15) is 0 Å². The van der Waals surface area contributed by atoms with Crippen LogP contribution < -0.4 is 0 Å². The summed E-state index contributed by atoms with van der Waals surface area (Å²) in [5, 5.41) is 7.27. The third-order valence-corrected chi connectivity index (χ3v) is 3.99. The summed E-state index contributed by atoms with van der Waals surface area (Å²) in [4.78, 5) is 5.57. The summed E-state index contributed by atoms with van der Waals surface area (Å²) in [7, 11) is 0. The second-order valence-electron chi connectivity index (χ2n) is 4.58. The van der Waals surface area contributed by atoms with Crippen LogP contribution in [-0.2, 0) is 6.54 Å². The number of nitrogens with zero attached hydrogens (tertiary/aromatic N) is 3. The molecule has 1 N–H and O–H groups in total. The maximum absolute atomic E-state index is 5.30. The number of hydrogen-bond donors (Lipinski definition) is 1. The molecule has 0 radical (unpaired) electrons. The first-order chi connectivity index (χ1) is 8.65. The van der Waals surface area contributed by atoms with Crippen LogP contribution in [0.1, 0.15) is 45.2 Å². The van der Waals surface area contributed by atoms with Crippen molar-refractivity contribution in [3.63, 3.8) is 0 Å². The van der Waals surface area contributed by atoms with Crippen molar-refractivity contribution in [1.82, 2.24) is 19.7 Å². The van der Waals surface area contributed by atoms with E-state index in [4.69, 9.17) is 12.2 Å².